The molecule has 2 rings (SSSR count). The first-order valence-electron chi connectivity index (χ1n) is 8.23. The van der Waals surface area contributed by atoms with E-state index in [1.165, 1.54) is 22.3 Å². The number of thioether (sulfide) groups is 1. The van der Waals surface area contributed by atoms with E-state index in [0.717, 1.165) is 4.88 Å². The van der Waals surface area contributed by atoms with Crippen molar-refractivity contribution in [3.63, 3.8) is 0 Å². The Morgan fingerprint density at radius 2 is 1.96 bits per heavy atom. The van der Waals surface area contributed by atoms with E-state index >= 15 is 0 Å². The molecule has 1 amide bonds. The molecule has 0 unspecified atom stereocenters. The molecule has 0 atom stereocenters. The van der Waals surface area contributed by atoms with Crippen molar-refractivity contribution in [3.05, 3.63) is 40.7 Å². The fraction of sp³-hybridized carbons (Fsp3) is 0.412. The summed E-state index contributed by atoms with van der Waals surface area (Å²) in [5, 5.41) is 2.61. The highest BCUT2D eigenvalue weighted by atomic mass is 32.2. The fourth-order valence-corrected chi connectivity index (χ4v) is 5.23. The monoisotopic (exact) mass is 413 g/mol. The first kappa shape index (κ1) is 20.9. The van der Waals surface area contributed by atoms with Gasteiger partial charge in [0.2, 0.25) is 15.9 Å². The smallest absolute Gasteiger partial charge is 0.244 e. The van der Waals surface area contributed by atoms with E-state index in [9.17, 15) is 13.2 Å². The van der Waals surface area contributed by atoms with E-state index in [0.29, 0.717) is 24.7 Å². The van der Waals surface area contributed by atoms with Gasteiger partial charge >= 0.3 is 0 Å². The molecule has 0 aliphatic carbocycles. The zero-order valence-electron chi connectivity index (χ0n) is 15.1. The van der Waals surface area contributed by atoms with E-state index in [2.05, 4.69) is 4.98 Å². The van der Waals surface area contributed by atoms with Crippen LogP contribution in [-0.4, -0.2) is 54.4 Å². The SMILES string of the molecule is CCN(CC)S(=O)(=O)c1ccc(SCC(=O)N(C)Cc2cccs2)nc1. The lowest BCUT2D eigenvalue weighted by atomic mass is 10.4. The van der Waals surface area contributed by atoms with Gasteiger partial charge < -0.3 is 4.90 Å². The van der Waals surface area contributed by atoms with Gasteiger partial charge in [0, 0.05) is 31.2 Å². The molecule has 142 valence electrons. The Hall–Kier alpha value is -1.42. The number of nitrogens with zero attached hydrogens (tertiary/aromatic N) is 3. The van der Waals surface area contributed by atoms with E-state index in [-0.39, 0.29) is 16.6 Å². The van der Waals surface area contributed by atoms with Gasteiger partial charge in [0.05, 0.1) is 17.3 Å². The van der Waals surface area contributed by atoms with Crippen LogP contribution in [0.1, 0.15) is 18.7 Å². The second-order valence-electron chi connectivity index (χ2n) is 5.54. The number of sulfonamides is 1. The van der Waals surface area contributed by atoms with Crippen LogP contribution in [0.15, 0.2) is 45.8 Å². The van der Waals surface area contributed by atoms with Crippen LogP contribution in [0.2, 0.25) is 0 Å². The summed E-state index contributed by atoms with van der Waals surface area (Å²) in [6.07, 6.45) is 1.36. The second kappa shape index (κ2) is 9.50. The van der Waals surface area contributed by atoms with Crippen LogP contribution in [0.5, 0.6) is 0 Å². The minimum Gasteiger partial charge on any atom is -0.340 e. The Balaban J connectivity index is 1.93. The van der Waals surface area contributed by atoms with Crippen LogP contribution in [-0.2, 0) is 21.4 Å². The van der Waals surface area contributed by atoms with Gasteiger partial charge in [-0.25, -0.2) is 13.4 Å². The molecular weight excluding hydrogens is 390 g/mol. The summed E-state index contributed by atoms with van der Waals surface area (Å²) in [5.41, 5.74) is 0. The van der Waals surface area contributed by atoms with Crippen LogP contribution >= 0.6 is 23.1 Å². The lowest BCUT2D eigenvalue weighted by Crippen LogP contribution is -2.30. The first-order chi connectivity index (χ1) is 12.4. The lowest BCUT2D eigenvalue weighted by Gasteiger charge is -2.18. The number of carbonyl (C=O) groups excluding carboxylic acids is 1. The molecule has 0 saturated carbocycles. The molecule has 0 N–H and O–H groups in total. The molecule has 0 aliphatic rings. The molecule has 6 nitrogen and oxygen atoms in total. The van der Waals surface area contributed by atoms with Gasteiger partial charge in [0.1, 0.15) is 4.90 Å². The summed E-state index contributed by atoms with van der Waals surface area (Å²) in [6, 6.07) is 7.15. The third-order valence-electron chi connectivity index (χ3n) is 3.79. The second-order valence-corrected chi connectivity index (χ2v) is 9.51. The molecular formula is C17H23N3O3S3. The average Bonchev–Trinajstić information content (AvgIpc) is 3.13. The third kappa shape index (κ3) is 5.29. The van der Waals surface area contributed by atoms with Crippen molar-refractivity contribution in [2.24, 2.45) is 0 Å². The molecule has 0 saturated heterocycles. The maximum atomic E-state index is 12.4. The van der Waals surface area contributed by atoms with E-state index < -0.39 is 10.0 Å². The number of rotatable bonds is 9. The molecule has 0 bridgehead atoms. The largest absolute Gasteiger partial charge is 0.340 e. The topological polar surface area (TPSA) is 70.6 Å². The summed E-state index contributed by atoms with van der Waals surface area (Å²) in [6.45, 7) is 5.03. The zero-order chi connectivity index (χ0) is 19.2. The number of hydrogen-bond acceptors (Lipinski definition) is 6. The molecule has 26 heavy (non-hydrogen) atoms. The van der Waals surface area contributed by atoms with Crippen LogP contribution in [0.25, 0.3) is 0 Å². The summed E-state index contributed by atoms with van der Waals surface area (Å²) < 4.78 is 26.3. The highest BCUT2D eigenvalue weighted by Crippen LogP contribution is 2.20. The van der Waals surface area contributed by atoms with Gasteiger partial charge in [-0.1, -0.05) is 31.7 Å². The Kier molecular flexibility index (Phi) is 7.63. The molecule has 2 heterocycles. The molecule has 0 radical (unpaired) electrons. The summed E-state index contributed by atoms with van der Waals surface area (Å²) in [4.78, 5) is 19.4. The van der Waals surface area contributed by atoms with E-state index in [4.69, 9.17) is 0 Å². The van der Waals surface area contributed by atoms with E-state index in [1.54, 1.807) is 49.3 Å². The third-order valence-corrected chi connectivity index (χ3v) is 7.62. The van der Waals surface area contributed by atoms with Gasteiger partial charge in [0.25, 0.3) is 0 Å². The van der Waals surface area contributed by atoms with Gasteiger partial charge in [-0.2, -0.15) is 4.31 Å². The van der Waals surface area contributed by atoms with Crippen LogP contribution in [0.4, 0.5) is 0 Å². The molecule has 0 fully saturated rings. The minimum absolute atomic E-state index is 0.00467. The summed E-state index contributed by atoms with van der Waals surface area (Å²) in [7, 11) is -1.73. The lowest BCUT2D eigenvalue weighted by molar-refractivity contribution is -0.127. The Morgan fingerprint density at radius 1 is 1.23 bits per heavy atom. The molecule has 0 spiro atoms. The van der Waals surface area contributed by atoms with Crippen molar-refractivity contribution < 1.29 is 13.2 Å². The maximum Gasteiger partial charge on any atom is 0.244 e. The fourth-order valence-electron chi connectivity index (χ4n) is 2.29. The number of pyridine rings is 1. The molecule has 0 aliphatic heterocycles. The summed E-state index contributed by atoms with van der Waals surface area (Å²) in [5.74, 6) is 0.266. The first-order valence-corrected chi connectivity index (χ1v) is 11.5. The van der Waals surface area contributed by atoms with E-state index in [1.807, 2.05) is 17.5 Å². The molecule has 2 aromatic rings. The van der Waals surface area contributed by atoms with Crippen LogP contribution in [0, 0.1) is 0 Å². The Labute approximate surface area is 163 Å². The standard InChI is InChI=1S/C17H23N3O3S3/c1-4-20(5-2)26(22,23)15-8-9-16(18-11-15)25-13-17(21)19(3)12-14-7-6-10-24-14/h6-11H,4-5,12-13H2,1-3H3. The minimum atomic E-state index is -3.50. The van der Waals surface area contributed by atoms with Crippen molar-refractivity contribution >= 4 is 39.0 Å². The number of hydrogen-bond donors (Lipinski definition) is 0. The van der Waals surface area contributed by atoms with Crippen molar-refractivity contribution in [3.8, 4) is 0 Å². The quantitative estimate of drug-likeness (QED) is 0.591. The Morgan fingerprint density at radius 3 is 2.50 bits per heavy atom. The highest BCUT2D eigenvalue weighted by molar-refractivity contribution is 7.99. The number of carbonyl (C=O) groups is 1. The van der Waals surface area contributed by atoms with Gasteiger partial charge in [-0.3, -0.25) is 4.79 Å². The molecule has 2 aromatic heterocycles. The van der Waals surface area contributed by atoms with Crippen molar-refractivity contribution in [2.75, 3.05) is 25.9 Å². The highest BCUT2D eigenvalue weighted by Gasteiger charge is 2.21. The predicted octanol–water partition coefficient (Wildman–Crippen LogP) is 2.92. The number of thiophene rings is 1. The average molecular weight is 414 g/mol. The van der Waals surface area contributed by atoms with Crippen molar-refractivity contribution in [1.82, 2.24) is 14.2 Å². The summed E-state index contributed by atoms with van der Waals surface area (Å²) >= 11 is 2.92. The van der Waals surface area contributed by atoms with Crippen LogP contribution in [0.3, 0.4) is 0 Å². The molecule has 9 heteroatoms. The normalized spacial score (nSPS) is 11.7. The van der Waals surface area contributed by atoms with Gasteiger partial charge in [-0.05, 0) is 23.6 Å². The van der Waals surface area contributed by atoms with Crippen LogP contribution < -0.4 is 0 Å². The molecule has 0 aromatic carbocycles. The predicted molar refractivity (Wildman–Crippen MR) is 106 cm³/mol. The zero-order valence-corrected chi connectivity index (χ0v) is 17.5. The number of amides is 1. The van der Waals surface area contributed by atoms with Gasteiger partial charge in [0.15, 0.2) is 0 Å². The van der Waals surface area contributed by atoms with Gasteiger partial charge in [-0.15, -0.1) is 11.3 Å². The maximum absolute atomic E-state index is 12.4. The van der Waals surface area contributed by atoms with Crippen molar-refractivity contribution in [2.45, 2.75) is 30.3 Å². The Bertz CT molecular complexity index is 802. The van der Waals surface area contributed by atoms with Crippen molar-refractivity contribution in [1.29, 1.82) is 0 Å². The number of aromatic nitrogens is 1.